The Hall–Kier alpha value is -2.40. The number of isothiocyanates is 2. The monoisotopic (exact) mass is 454 g/mol. The van der Waals surface area contributed by atoms with Crippen molar-refractivity contribution in [3.63, 3.8) is 0 Å². The molecule has 0 unspecified atom stereocenters. The Kier molecular flexibility index (Phi) is 6.83. The molecule has 0 atom stereocenters. The van der Waals surface area contributed by atoms with E-state index in [1.807, 2.05) is 0 Å². The van der Waals surface area contributed by atoms with Crippen molar-refractivity contribution in [1.82, 2.24) is 0 Å². The van der Waals surface area contributed by atoms with Gasteiger partial charge >= 0.3 is 0 Å². The molecular formula is C16H10N2O6S4. The predicted octanol–water partition coefficient (Wildman–Crippen LogP) is 3.21. The van der Waals surface area contributed by atoms with Gasteiger partial charge in [0, 0.05) is 11.1 Å². The largest absolute Gasteiger partial charge is 0.295 e. The molecule has 2 aromatic rings. The molecule has 2 N–H and O–H groups in total. The highest BCUT2D eigenvalue weighted by atomic mass is 32.2. The van der Waals surface area contributed by atoms with E-state index < -0.39 is 30.0 Å². The van der Waals surface area contributed by atoms with Crippen LogP contribution in [0.1, 0.15) is 11.1 Å². The molecule has 8 nitrogen and oxygen atoms in total. The summed E-state index contributed by atoms with van der Waals surface area (Å²) >= 11 is 9.24. The summed E-state index contributed by atoms with van der Waals surface area (Å²) in [5.74, 6) is 0. The molecule has 0 heterocycles. The maximum atomic E-state index is 11.7. The minimum Gasteiger partial charge on any atom is -0.282 e. The molecule has 2 rings (SSSR count). The number of aliphatic imine (C=N–C) groups is 2. The van der Waals surface area contributed by atoms with Crippen molar-refractivity contribution in [2.45, 2.75) is 9.79 Å². The smallest absolute Gasteiger partial charge is 0.282 e. The van der Waals surface area contributed by atoms with E-state index in [4.69, 9.17) is 0 Å². The Morgan fingerprint density at radius 3 is 2.00 bits per heavy atom. The van der Waals surface area contributed by atoms with Crippen LogP contribution in [0.2, 0.25) is 0 Å². The SMILES string of the molecule is O=S(=O)(O)c1cccc(C(N=C=S)=C(N=C=S)c2ccccc2S(=O)(=O)O)c1. The molecule has 0 aliphatic rings. The molecule has 0 aromatic heterocycles. The molecule has 0 radical (unpaired) electrons. The van der Waals surface area contributed by atoms with E-state index >= 15 is 0 Å². The van der Waals surface area contributed by atoms with Gasteiger partial charge in [-0.2, -0.15) is 26.8 Å². The number of rotatable bonds is 6. The van der Waals surface area contributed by atoms with Crippen LogP contribution in [-0.2, 0) is 20.2 Å². The second kappa shape index (κ2) is 8.74. The molecule has 2 aromatic carbocycles. The second-order valence-electron chi connectivity index (χ2n) is 5.08. The summed E-state index contributed by atoms with van der Waals surface area (Å²) in [5.41, 5.74) is -0.229. The fraction of sp³-hybridized carbons (Fsp3) is 0. The zero-order valence-electron chi connectivity index (χ0n) is 13.7. The van der Waals surface area contributed by atoms with Crippen LogP contribution in [0.25, 0.3) is 11.4 Å². The summed E-state index contributed by atoms with van der Waals surface area (Å²) in [6.07, 6.45) is 0. The van der Waals surface area contributed by atoms with Gasteiger partial charge in [0.05, 0.1) is 15.2 Å². The lowest BCUT2D eigenvalue weighted by atomic mass is 10.1. The third kappa shape index (κ3) is 5.10. The van der Waals surface area contributed by atoms with Gasteiger partial charge in [0.15, 0.2) is 0 Å². The van der Waals surface area contributed by atoms with E-state index in [0.29, 0.717) is 0 Å². The first-order chi connectivity index (χ1) is 13.1. The highest BCUT2D eigenvalue weighted by Gasteiger charge is 2.21. The zero-order valence-corrected chi connectivity index (χ0v) is 16.9. The van der Waals surface area contributed by atoms with Crippen molar-refractivity contribution >= 4 is 66.4 Å². The minimum atomic E-state index is -4.64. The quantitative estimate of drug-likeness (QED) is 0.294. The lowest BCUT2D eigenvalue weighted by molar-refractivity contribution is 0.481. The van der Waals surface area contributed by atoms with Gasteiger partial charge in [0.25, 0.3) is 20.2 Å². The van der Waals surface area contributed by atoms with Crippen LogP contribution in [-0.4, -0.2) is 36.3 Å². The Morgan fingerprint density at radius 2 is 1.43 bits per heavy atom. The third-order valence-corrected chi connectivity index (χ3v) is 5.31. The fourth-order valence-corrected chi connectivity index (χ4v) is 3.68. The summed E-state index contributed by atoms with van der Waals surface area (Å²) in [7, 11) is -9.16. The Balaban J connectivity index is 2.98. The van der Waals surface area contributed by atoms with E-state index in [2.05, 4.69) is 44.7 Å². The minimum absolute atomic E-state index is 0.0800. The maximum absolute atomic E-state index is 11.7. The Labute approximate surface area is 171 Å². The van der Waals surface area contributed by atoms with Crippen LogP contribution in [0, 0.1) is 0 Å². The molecule has 144 valence electrons. The van der Waals surface area contributed by atoms with E-state index in [0.717, 1.165) is 18.2 Å². The molecule has 0 bridgehead atoms. The van der Waals surface area contributed by atoms with Crippen LogP contribution in [0.15, 0.2) is 68.3 Å². The van der Waals surface area contributed by atoms with Crippen LogP contribution in [0.5, 0.6) is 0 Å². The van der Waals surface area contributed by atoms with Crippen LogP contribution in [0.4, 0.5) is 0 Å². The van der Waals surface area contributed by atoms with E-state index in [9.17, 15) is 25.9 Å². The van der Waals surface area contributed by atoms with E-state index in [1.165, 1.54) is 30.3 Å². The topological polar surface area (TPSA) is 133 Å². The lowest BCUT2D eigenvalue weighted by Gasteiger charge is -2.11. The molecule has 28 heavy (non-hydrogen) atoms. The molecule has 0 aliphatic heterocycles. The molecule has 0 saturated carbocycles. The van der Waals surface area contributed by atoms with Gasteiger partial charge in [0.2, 0.25) is 0 Å². The summed E-state index contributed by atoms with van der Waals surface area (Å²) in [5, 5.41) is 4.18. The number of thiocarbonyl (C=S) groups is 2. The normalized spacial score (nSPS) is 12.4. The zero-order chi connectivity index (χ0) is 20.9. The van der Waals surface area contributed by atoms with Crippen LogP contribution >= 0.6 is 24.4 Å². The maximum Gasteiger partial charge on any atom is 0.295 e. The number of nitrogens with zero attached hydrogens (tertiary/aromatic N) is 2. The molecule has 0 spiro atoms. The van der Waals surface area contributed by atoms with Gasteiger partial charge in [-0.3, -0.25) is 9.11 Å². The van der Waals surface area contributed by atoms with Gasteiger partial charge in [0.1, 0.15) is 16.3 Å². The van der Waals surface area contributed by atoms with Gasteiger partial charge in [-0.25, -0.2) is 0 Å². The molecule has 0 fully saturated rings. The Morgan fingerprint density at radius 1 is 0.821 bits per heavy atom. The summed E-state index contributed by atoms with van der Waals surface area (Å²) in [6, 6.07) is 10.3. The number of hydrogen-bond donors (Lipinski definition) is 2. The molecule has 12 heteroatoms. The van der Waals surface area contributed by atoms with Crippen LogP contribution < -0.4 is 0 Å². The highest BCUT2D eigenvalue weighted by Crippen LogP contribution is 2.32. The number of benzene rings is 2. The van der Waals surface area contributed by atoms with Crippen molar-refractivity contribution in [2.24, 2.45) is 9.98 Å². The first-order valence-corrected chi connectivity index (χ1v) is 10.8. The van der Waals surface area contributed by atoms with E-state index in [1.54, 1.807) is 0 Å². The summed E-state index contributed by atoms with van der Waals surface area (Å²) in [6.45, 7) is 0. The average Bonchev–Trinajstić information content (AvgIpc) is 2.63. The number of hydrogen-bond acceptors (Lipinski definition) is 8. The first-order valence-electron chi connectivity index (χ1n) is 7.14. The molecular weight excluding hydrogens is 444 g/mol. The van der Waals surface area contributed by atoms with Crippen molar-refractivity contribution in [3.8, 4) is 0 Å². The summed E-state index contributed by atoms with van der Waals surface area (Å²) in [4.78, 5) is 6.76. The average molecular weight is 455 g/mol. The summed E-state index contributed by atoms with van der Waals surface area (Å²) < 4.78 is 65.1. The predicted molar refractivity (Wildman–Crippen MR) is 109 cm³/mol. The lowest BCUT2D eigenvalue weighted by Crippen LogP contribution is -2.03. The molecule has 0 amide bonds. The second-order valence-corrected chi connectivity index (χ2v) is 8.25. The van der Waals surface area contributed by atoms with E-state index in [-0.39, 0.29) is 22.5 Å². The fourth-order valence-electron chi connectivity index (χ4n) is 2.28. The highest BCUT2D eigenvalue weighted by molar-refractivity contribution is 7.86. The molecule has 0 aliphatic carbocycles. The third-order valence-electron chi connectivity index (χ3n) is 3.36. The van der Waals surface area contributed by atoms with Gasteiger partial charge in [-0.05, 0) is 42.6 Å². The Bertz CT molecular complexity index is 1270. The van der Waals surface area contributed by atoms with Gasteiger partial charge in [-0.15, -0.1) is 0 Å². The van der Waals surface area contributed by atoms with Gasteiger partial charge < -0.3 is 0 Å². The van der Waals surface area contributed by atoms with Gasteiger partial charge in [-0.1, -0.05) is 30.3 Å². The van der Waals surface area contributed by atoms with Crippen molar-refractivity contribution in [3.05, 3.63) is 59.7 Å². The van der Waals surface area contributed by atoms with Crippen molar-refractivity contribution in [1.29, 1.82) is 0 Å². The van der Waals surface area contributed by atoms with Crippen molar-refractivity contribution < 1.29 is 25.9 Å². The first kappa shape index (κ1) is 21.9. The standard InChI is InChI=1S/C16H10N2O6S4/c19-27(20,21)12-5-3-4-11(8-12)15(17-9-25)16(18-10-26)13-6-1-2-7-14(13)28(22,23)24/h1-8H,(H,19,20,21)(H,22,23,24). The van der Waals surface area contributed by atoms with Crippen LogP contribution in [0.3, 0.4) is 0 Å². The molecule has 0 saturated heterocycles. The van der Waals surface area contributed by atoms with Crippen molar-refractivity contribution in [2.75, 3.05) is 0 Å².